The topological polar surface area (TPSA) is 46.9 Å². The Hall–Kier alpha value is -2.62. The van der Waals surface area contributed by atoms with E-state index in [1.807, 2.05) is 49.4 Å². The van der Waals surface area contributed by atoms with E-state index in [1.165, 1.54) is 4.79 Å². The number of benzene rings is 2. The van der Waals surface area contributed by atoms with Crippen molar-refractivity contribution in [1.29, 1.82) is 0 Å². The number of aryl methyl sites for hydroxylation is 1. The molecular formula is C16H15N3O. The van der Waals surface area contributed by atoms with E-state index < -0.39 is 0 Å². The lowest BCUT2D eigenvalue weighted by Crippen LogP contribution is -2.30. The number of rotatable bonds is 2. The van der Waals surface area contributed by atoms with Gasteiger partial charge in [0, 0.05) is 10.9 Å². The van der Waals surface area contributed by atoms with Crippen molar-refractivity contribution in [3.05, 3.63) is 70.1 Å². The number of anilines is 1. The van der Waals surface area contributed by atoms with E-state index in [1.54, 1.807) is 13.1 Å². The molecule has 0 aliphatic rings. The highest BCUT2D eigenvalue weighted by atomic mass is 16.1. The summed E-state index contributed by atoms with van der Waals surface area (Å²) in [5.74, 6) is 0. The van der Waals surface area contributed by atoms with Gasteiger partial charge in [-0.3, -0.25) is 10.2 Å². The minimum Gasteiger partial charge on any atom is -0.274 e. The Morgan fingerprint density at radius 2 is 1.80 bits per heavy atom. The fourth-order valence-corrected chi connectivity index (χ4v) is 2.14. The first kappa shape index (κ1) is 12.4. The predicted molar refractivity (Wildman–Crippen MR) is 80.9 cm³/mol. The maximum atomic E-state index is 12.2. The zero-order valence-corrected chi connectivity index (χ0v) is 11.4. The molecule has 4 nitrogen and oxygen atoms in total. The third-order valence-corrected chi connectivity index (χ3v) is 3.49. The molecule has 0 atom stereocenters. The normalized spacial score (nSPS) is 10.7. The molecule has 0 amide bonds. The maximum absolute atomic E-state index is 12.2. The van der Waals surface area contributed by atoms with Crippen molar-refractivity contribution in [3.63, 3.8) is 0 Å². The summed E-state index contributed by atoms with van der Waals surface area (Å²) in [6, 6.07) is 14.0. The van der Waals surface area contributed by atoms with Crippen LogP contribution < -0.4 is 11.0 Å². The van der Waals surface area contributed by atoms with E-state index in [-0.39, 0.29) is 5.56 Å². The van der Waals surface area contributed by atoms with Crippen molar-refractivity contribution in [2.45, 2.75) is 13.8 Å². The molecule has 2 aromatic carbocycles. The highest BCUT2D eigenvalue weighted by Gasteiger charge is 2.05. The van der Waals surface area contributed by atoms with E-state index in [4.69, 9.17) is 0 Å². The number of nitrogens with zero attached hydrogens (tertiary/aromatic N) is 2. The van der Waals surface area contributed by atoms with Crippen LogP contribution in [0.4, 0.5) is 5.69 Å². The van der Waals surface area contributed by atoms with Gasteiger partial charge in [-0.2, -0.15) is 5.10 Å². The van der Waals surface area contributed by atoms with Gasteiger partial charge in [0.2, 0.25) is 0 Å². The molecule has 0 saturated heterocycles. The molecule has 20 heavy (non-hydrogen) atoms. The summed E-state index contributed by atoms with van der Waals surface area (Å²) in [5.41, 5.74) is 5.41. The highest BCUT2D eigenvalue weighted by Crippen LogP contribution is 2.22. The lowest BCUT2D eigenvalue weighted by molar-refractivity contribution is 0.728. The average Bonchev–Trinajstić information content (AvgIpc) is 2.48. The third kappa shape index (κ3) is 2.05. The Bertz CT molecular complexity index is 831. The molecule has 0 radical (unpaired) electrons. The van der Waals surface area contributed by atoms with Crippen molar-refractivity contribution < 1.29 is 0 Å². The number of aromatic nitrogens is 2. The molecule has 0 bridgehead atoms. The van der Waals surface area contributed by atoms with Gasteiger partial charge in [0.1, 0.15) is 0 Å². The second-order valence-corrected chi connectivity index (χ2v) is 4.81. The summed E-state index contributed by atoms with van der Waals surface area (Å²) in [5, 5.41) is 6.31. The van der Waals surface area contributed by atoms with Crippen LogP contribution in [0.5, 0.6) is 0 Å². The fourth-order valence-electron chi connectivity index (χ4n) is 2.14. The van der Waals surface area contributed by atoms with E-state index in [2.05, 4.69) is 10.5 Å². The Labute approximate surface area is 116 Å². The van der Waals surface area contributed by atoms with Crippen LogP contribution in [0.1, 0.15) is 11.1 Å². The summed E-state index contributed by atoms with van der Waals surface area (Å²) < 4.78 is 0. The number of nitrogens with one attached hydrogen (secondary N) is 1. The first-order valence-electron chi connectivity index (χ1n) is 6.47. The van der Waals surface area contributed by atoms with Crippen LogP contribution in [0, 0.1) is 13.8 Å². The molecule has 0 unspecified atom stereocenters. The maximum Gasteiger partial charge on any atom is 0.289 e. The second kappa shape index (κ2) is 4.81. The molecule has 0 aliphatic heterocycles. The van der Waals surface area contributed by atoms with Gasteiger partial charge in [-0.15, -0.1) is 4.79 Å². The van der Waals surface area contributed by atoms with Crippen LogP contribution in [0.2, 0.25) is 0 Å². The van der Waals surface area contributed by atoms with Crippen molar-refractivity contribution >= 4 is 16.5 Å². The van der Waals surface area contributed by atoms with Gasteiger partial charge >= 0.3 is 0 Å². The van der Waals surface area contributed by atoms with Crippen LogP contribution in [0.25, 0.3) is 10.8 Å². The molecule has 1 N–H and O–H groups in total. The Kier molecular flexibility index (Phi) is 2.99. The summed E-state index contributed by atoms with van der Waals surface area (Å²) in [6.07, 6.45) is 1.69. The van der Waals surface area contributed by atoms with Gasteiger partial charge < -0.3 is 0 Å². The molecule has 0 saturated carbocycles. The number of hydrogen-bond acceptors (Lipinski definition) is 3. The van der Waals surface area contributed by atoms with Crippen molar-refractivity contribution in [1.82, 2.24) is 9.89 Å². The van der Waals surface area contributed by atoms with Crippen LogP contribution in [-0.4, -0.2) is 9.89 Å². The van der Waals surface area contributed by atoms with Crippen molar-refractivity contribution in [2.24, 2.45) is 0 Å². The molecular weight excluding hydrogens is 250 g/mol. The lowest BCUT2D eigenvalue weighted by atomic mass is 10.1. The molecule has 0 spiro atoms. The first-order valence-corrected chi connectivity index (χ1v) is 6.47. The number of fused-ring (bicyclic) bond motifs is 1. The molecule has 3 rings (SSSR count). The van der Waals surface area contributed by atoms with Gasteiger partial charge in [0.25, 0.3) is 5.56 Å². The monoisotopic (exact) mass is 265 g/mol. The van der Waals surface area contributed by atoms with Gasteiger partial charge in [-0.1, -0.05) is 36.4 Å². The molecule has 0 fully saturated rings. The van der Waals surface area contributed by atoms with Crippen LogP contribution in [0.15, 0.2) is 53.5 Å². The van der Waals surface area contributed by atoms with E-state index in [0.717, 1.165) is 22.0 Å². The van der Waals surface area contributed by atoms with Gasteiger partial charge in [-0.05, 0) is 30.9 Å². The first-order chi connectivity index (χ1) is 9.66. The highest BCUT2D eigenvalue weighted by molar-refractivity contribution is 5.93. The van der Waals surface area contributed by atoms with E-state index in [9.17, 15) is 4.79 Å². The van der Waals surface area contributed by atoms with Crippen LogP contribution >= 0.6 is 0 Å². The van der Waals surface area contributed by atoms with E-state index >= 15 is 0 Å². The zero-order chi connectivity index (χ0) is 14.1. The molecule has 100 valence electrons. The minimum atomic E-state index is -0.127. The quantitative estimate of drug-likeness (QED) is 0.775. The second-order valence-electron chi connectivity index (χ2n) is 4.81. The molecule has 3 aromatic rings. The summed E-state index contributed by atoms with van der Waals surface area (Å²) in [4.78, 5) is 13.4. The minimum absolute atomic E-state index is 0.127. The summed E-state index contributed by atoms with van der Waals surface area (Å²) in [7, 11) is 0. The van der Waals surface area contributed by atoms with Crippen molar-refractivity contribution in [3.8, 4) is 0 Å². The Balaban J connectivity index is 2.11. The van der Waals surface area contributed by atoms with Gasteiger partial charge in [-0.25, -0.2) is 0 Å². The Morgan fingerprint density at radius 3 is 2.65 bits per heavy atom. The van der Waals surface area contributed by atoms with Crippen LogP contribution in [0.3, 0.4) is 0 Å². The lowest BCUT2D eigenvalue weighted by Gasteiger charge is -2.11. The average molecular weight is 265 g/mol. The number of hydrogen-bond donors (Lipinski definition) is 1. The predicted octanol–water partition coefficient (Wildman–Crippen LogP) is 2.89. The molecule has 1 aromatic heterocycles. The van der Waals surface area contributed by atoms with Gasteiger partial charge in [0.05, 0.1) is 11.9 Å². The summed E-state index contributed by atoms with van der Waals surface area (Å²) in [6.45, 7) is 3.69. The van der Waals surface area contributed by atoms with Gasteiger partial charge in [0.15, 0.2) is 0 Å². The largest absolute Gasteiger partial charge is 0.289 e. The third-order valence-electron chi connectivity index (χ3n) is 3.49. The Morgan fingerprint density at radius 1 is 1.05 bits per heavy atom. The van der Waals surface area contributed by atoms with Crippen molar-refractivity contribution in [2.75, 3.05) is 5.43 Å². The van der Waals surface area contributed by atoms with E-state index in [0.29, 0.717) is 5.56 Å². The standard InChI is InChI=1S/C16H15N3O/c1-11-10-17-19(16(20)12(11)2)18-15-9-5-7-13-6-3-4-8-14(13)15/h3-10,18H,1-2H3. The smallest absolute Gasteiger partial charge is 0.274 e. The fraction of sp³-hybridized carbons (Fsp3) is 0.125. The summed E-state index contributed by atoms with van der Waals surface area (Å²) >= 11 is 0. The SMILES string of the molecule is Cc1cnn(Nc2cccc3ccccc23)c(=O)c1C. The molecule has 1 heterocycles. The molecule has 0 aliphatic carbocycles. The zero-order valence-electron chi connectivity index (χ0n) is 11.4. The molecule has 4 heteroatoms. The van der Waals surface area contributed by atoms with Crippen LogP contribution in [-0.2, 0) is 0 Å².